The van der Waals surface area contributed by atoms with E-state index in [0.29, 0.717) is 11.3 Å². The van der Waals surface area contributed by atoms with Crippen LogP contribution in [0, 0.1) is 3.57 Å². The molecule has 0 unspecified atom stereocenters. The molecular formula is C21H17IN4O. The van der Waals surface area contributed by atoms with Crippen LogP contribution in [0.4, 0.5) is 5.69 Å². The van der Waals surface area contributed by atoms with Crippen molar-refractivity contribution in [1.82, 2.24) is 15.0 Å². The van der Waals surface area contributed by atoms with Crippen molar-refractivity contribution in [3.8, 4) is 5.69 Å². The lowest BCUT2D eigenvalue weighted by Crippen LogP contribution is -2.11. The SMILES string of the molecule is CCc1ccc(-n2nc3ccc(NC(=O)c4cccc(I)c4)cc3n2)cc1. The maximum Gasteiger partial charge on any atom is 0.255 e. The van der Waals surface area contributed by atoms with Gasteiger partial charge in [-0.2, -0.15) is 4.80 Å². The van der Waals surface area contributed by atoms with E-state index in [9.17, 15) is 4.79 Å². The third-order valence-electron chi connectivity index (χ3n) is 4.30. The van der Waals surface area contributed by atoms with Crippen LogP contribution >= 0.6 is 22.6 Å². The summed E-state index contributed by atoms with van der Waals surface area (Å²) in [5.74, 6) is -0.143. The summed E-state index contributed by atoms with van der Waals surface area (Å²) in [4.78, 5) is 14.1. The van der Waals surface area contributed by atoms with Crippen LogP contribution in [0.3, 0.4) is 0 Å². The highest BCUT2D eigenvalue weighted by molar-refractivity contribution is 14.1. The molecule has 0 fully saturated rings. The zero-order valence-electron chi connectivity index (χ0n) is 14.7. The molecule has 3 aromatic carbocycles. The van der Waals surface area contributed by atoms with Crippen molar-refractivity contribution in [1.29, 1.82) is 0 Å². The molecule has 0 saturated heterocycles. The quantitative estimate of drug-likeness (QED) is 0.436. The van der Waals surface area contributed by atoms with Gasteiger partial charge in [0.15, 0.2) is 0 Å². The second-order valence-electron chi connectivity index (χ2n) is 6.18. The van der Waals surface area contributed by atoms with Gasteiger partial charge in [0.2, 0.25) is 0 Å². The summed E-state index contributed by atoms with van der Waals surface area (Å²) in [6, 6.07) is 21.2. The highest BCUT2D eigenvalue weighted by Gasteiger charge is 2.09. The molecule has 1 amide bonds. The number of carbonyl (C=O) groups excluding carboxylic acids is 1. The van der Waals surface area contributed by atoms with Crippen LogP contribution < -0.4 is 5.32 Å². The smallest absolute Gasteiger partial charge is 0.255 e. The van der Waals surface area contributed by atoms with E-state index in [2.05, 4.69) is 57.2 Å². The average molecular weight is 468 g/mol. The fourth-order valence-electron chi connectivity index (χ4n) is 2.81. The molecule has 4 rings (SSSR count). The first-order valence-electron chi connectivity index (χ1n) is 8.66. The Labute approximate surface area is 170 Å². The van der Waals surface area contributed by atoms with Gasteiger partial charge < -0.3 is 5.32 Å². The number of carbonyl (C=O) groups is 1. The monoisotopic (exact) mass is 468 g/mol. The molecule has 0 spiro atoms. The minimum atomic E-state index is -0.143. The first-order valence-corrected chi connectivity index (χ1v) is 9.73. The third-order valence-corrected chi connectivity index (χ3v) is 4.97. The van der Waals surface area contributed by atoms with Crippen molar-refractivity contribution in [2.45, 2.75) is 13.3 Å². The molecule has 6 heteroatoms. The Balaban J connectivity index is 1.59. The fraction of sp³-hybridized carbons (Fsp3) is 0.0952. The van der Waals surface area contributed by atoms with Crippen LogP contribution in [-0.4, -0.2) is 20.9 Å². The fourth-order valence-corrected chi connectivity index (χ4v) is 3.35. The topological polar surface area (TPSA) is 59.8 Å². The number of nitrogens with one attached hydrogen (secondary N) is 1. The van der Waals surface area contributed by atoms with Crippen molar-refractivity contribution < 1.29 is 4.79 Å². The number of anilines is 1. The summed E-state index contributed by atoms with van der Waals surface area (Å²) in [5, 5.41) is 12.0. The number of fused-ring (bicyclic) bond motifs is 1. The van der Waals surface area contributed by atoms with E-state index in [4.69, 9.17) is 0 Å². The predicted molar refractivity (Wildman–Crippen MR) is 115 cm³/mol. The Morgan fingerprint density at radius 3 is 2.52 bits per heavy atom. The summed E-state index contributed by atoms with van der Waals surface area (Å²) in [6.45, 7) is 2.13. The molecule has 0 aliphatic heterocycles. The zero-order chi connectivity index (χ0) is 18.8. The Morgan fingerprint density at radius 2 is 1.78 bits per heavy atom. The van der Waals surface area contributed by atoms with Crippen molar-refractivity contribution in [2.24, 2.45) is 0 Å². The molecule has 0 aliphatic carbocycles. The second-order valence-corrected chi connectivity index (χ2v) is 7.42. The van der Waals surface area contributed by atoms with Crippen LogP contribution in [0.25, 0.3) is 16.7 Å². The number of benzene rings is 3. The maximum atomic E-state index is 12.4. The van der Waals surface area contributed by atoms with E-state index in [1.165, 1.54) is 5.56 Å². The first kappa shape index (κ1) is 17.7. The van der Waals surface area contributed by atoms with Gasteiger partial charge in [-0.1, -0.05) is 25.1 Å². The molecule has 134 valence electrons. The largest absolute Gasteiger partial charge is 0.322 e. The number of hydrogen-bond acceptors (Lipinski definition) is 3. The van der Waals surface area contributed by atoms with Crippen LogP contribution in [0.15, 0.2) is 66.7 Å². The highest BCUT2D eigenvalue weighted by Crippen LogP contribution is 2.19. The number of aromatic nitrogens is 3. The van der Waals surface area contributed by atoms with E-state index in [-0.39, 0.29) is 5.91 Å². The van der Waals surface area contributed by atoms with Crippen molar-refractivity contribution in [3.05, 3.63) is 81.4 Å². The van der Waals surface area contributed by atoms with Crippen LogP contribution in [0.2, 0.25) is 0 Å². The first-order chi connectivity index (χ1) is 13.1. The number of hydrogen-bond donors (Lipinski definition) is 1. The highest BCUT2D eigenvalue weighted by atomic mass is 127. The number of aryl methyl sites for hydroxylation is 1. The zero-order valence-corrected chi connectivity index (χ0v) is 16.8. The molecular weight excluding hydrogens is 451 g/mol. The van der Waals surface area contributed by atoms with Crippen LogP contribution in [0.1, 0.15) is 22.8 Å². The number of amides is 1. The summed E-state index contributed by atoms with van der Waals surface area (Å²) in [6.07, 6.45) is 0.998. The van der Waals surface area contributed by atoms with E-state index >= 15 is 0 Å². The molecule has 0 bridgehead atoms. The maximum absolute atomic E-state index is 12.4. The van der Waals surface area contributed by atoms with Crippen molar-refractivity contribution in [2.75, 3.05) is 5.32 Å². The molecule has 0 aliphatic rings. The van der Waals surface area contributed by atoms with Crippen molar-refractivity contribution >= 4 is 45.2 Å². The molecule has 1 N–H and O–H groups in total. The Hall–Kier alpha value is -2.74. The van der Waals surface area contributed by atoms with Gasteiger partial charge in [0.1, 0.15) is 11.0 Å². The van der Waals surface area contributed by atoms with Crippen LogP contribution in [0.5, 0.6) is 0 Å². The lowest BCUT2D eigenvalue weighted by atomic mass is 10.2. The molecule has 27 heavy (non-hydrogen) atoms. The van der Waals surface area contributed by atoms with E-state index in [1.807, 2.05) is 48.5 Å². The minimum Gasteiger partial charge on any atom is -0.322 e. The Morgan fingerprint density at radius 1 is 1.00 bits per heavy atom. The molecule has 0 saturated carbocycles. The minimum absolute atomic E-state index is 0.143. The number of halogens is 1. The number of rotatable bonds is 4. The van der Waals surface area contributed by atoms with Gasteiger partial charge in [-0.25, -0.2) is 0 Å². The predicted octanol–water partition coefficient (Wildman–Crippen LogP) is 4.84. The molecule has 1 aromatic heterocycles. The third kappa shape index (κ3) is 3.85. The van der Waals surface area contributed by atoms with Gasteiger partial charge in [-0.05, 0) is 83.1 Å². The average Bonchev–Trinajstić information content (AvgIpc) is 3.11. The molecule has 4 aromatic rings. The van der Waals surface area contributed by atoms with Gasteiger partial charge in [0, 0.05) is 14.8 Å². The Kier molecular flexibility index (Phi) is 4.89. The van der Waals surface area contributed by atoms with Gasteiger partial charge in [0.05, 0.1) is 5.69 Å². The summed E-state index contributed by atoms with van der Waals surface area (Å²) in [5.41, 5.74) is 5.02. The van der Waals surface area contributed by atoms with E-state index < -0.39 is 0 Å². The molecule has 0 atom stereocenters. The summed E-state index contributed by atoms with van der Waals surface area (Å²) in [7, 11) is 0. The van der Waals surface area contributed by atoms with E-state index in [1.54, 1.807) is 10.9 Å². The van der Waals surface area contributed by atoms with Gasteiger partial charge in [-0.3, -0.25) is 4.79 Å². The van der Waals surface area contributed by atoms with Crippen LogP contribution in [-0.2, 0) is 6.42 Å². The number of nitrogens with zero attached hydrogens (tertiary/aromatic N) is 3. The van der Waals surface area contributed by atoms with Gasteiger partial charge >= 0.3 is 0 Å². The summed E-state index contributed by atoms with van der Waals surface area (Å²) >= 11 is 2.19. The molecule has 0 radical (unpaired) electrons. The van der Waals surface area contributed by atoms with E-state index in [0.717, 1.165) is 26.7 Å². The second kappa shape index (κ2) is 7.48. The normalized spacial score (nSPS) is 10.9. The standard InChI is InChI=1S/C21H17IN4O/c1-2-14-6-9-18(10-7-14)26-24-19-11-8-17(13-20(19)25-26)23-21(27)15-4-3-5-16(22)12-15/h3-13H,2H2,1H3,(H,23,27). The van der Waals surface area contributed by atoms with Gasteiger partial charge in [-0.15, -0.1) is 10.2 Å². The lowest BCUT2D eigenvalue weighted by molar-refractivity contribution is 0.102. The van der Waals surface area contributed by atoms with Crippen molar-refractivity contribution in [3.63, 3.8) is 0 Å². The molecule has 1 heterocycles. The lowest BCUT2D eigenvalue weighted by Gasteiger charge is -2.05. The molecule has 5 nitrogen and oxygen atoms in total. The Bertz CT molecular complexity index is 1120. The summed E-state index contributed by atoms with van der Waals surface area (Å²) < 4.78 is 1.02. The van der Waals surface area contributed by atoms with Gasteiger partial charge in [0.25, 0.3) is 5.91 Å².